The molecule has 1 atom stereocenters. The largest absolute Gasteiger partial charge is 0.342 e. The molecule has 3 heterocycles. The maximum Gasteiger partial charge on any atom is 0.107 e. The van der Waals surface area contributed by atoms with Crippen molar-refractivity contribution in [3.8, 4) is 0 Å². The summed E-state index contributed by atoms with van der Waals surface area (Å²) in [6.45, 7) is 5.32. The first-order valence-corrected chi connectivity index (χ1v) is 8.82. The normalized spacial score (nSPS) is 19.2. The number of benzene rings is 1. The summed E-state index contributed by atoms with van der Waals surface area (Å²) in [4.78, 5) is 15.4. The van der Waals surface area contributed by atoms with Crippen LogP contribution in [0.4, 0.5) is 0 Å². The minimum absolute atomic E-state index is 0.670. The van der Waals surface area contributed by atoms with E-state index < -0.39 is 0 Å². The first-order valence-electron chi connectivity index (χ1n) is 8.82. The maximum atomic E-state index is 4.74. The van der Waals surface area contributed by atoms with Gasteiger partial charge in [0.15, 0.2) is 0 Å². The number of hydrogen-bond acceptors (Lipinski definition) is 3. The van der Waals surface area contributed by atoms with Crippen molar-refractivity contribution in [2.24, 2.45) is 13.0 Å². The second kappa shape index (κ2) is 6.40. The first-order chi connectivity index (χ1) is 11.7. The Morgan fingerprint density at radius 1 is 1.25 bits per heavy atom. The number of nitrogens with one attached hydrogen (secondary N) is 1. The van der Waals surface area contributed by atoms with Gasteiger partial charge >= 0.3 is 0 Å². The summed E-state index contributed by atoms with van der Waals surface area (Å²) in [6.07, 6.45) is 5.73. The van der Waals surface area contributed by atoms with Crippen molar-refractivity contribution >= 4 is 11.0 Å². The molecule has 0 amide bonds. The molecule has 5 heteroatoms. The smallest absolute Gasteiger partial charge is 0.107 e. The van der Waals surface area contributed by atoms with Crippen molar-refractivity contribution in [1.29, 1.82) is 0 Å². The number of aryl methyl sites for hydroxylation is 2. The molecule has 1 aromatic carbocycles. The Morgan fingerprint density at radius 3 is 2.92 bits per heavy atom. The lowest BCUT2D eigenvalue weighted by molar-refractivity contribution is 0.164. The minimum Gasteiger partial charge on any atom is -0.342 e. The van der Waals surface area contributed by atoms with Gasteiger partial charge in [0, 0.05) is 32.8 Å². The van der Waals surface area contributed by atoms with E-state index >= 15 is 0 Å². The predicted octanol–water partition coefficient (Wildman–Crippen LogP) is 3.06. The third kappa shape index (κ3) is 3.22. The van der Waals surface area contributed by atoms with Gasteiger partial charge in [-0.1, -0.05) is 12.1 Å². The predicted molar refractivity (Wildman–Crippen MR) is 95.7 cm³/mol. The second-order valence-electron chi connectivity index (χ2n) is 7.04. The third-order valence-electron chi connectivity index (χ3n) is 5.07. The lowest BCUT2D eigenvalue weighted by Crippen LogP contribution is -2.36. The number of aromatic amines is 1. The Bertz CT molecular complexity index is 779. The van der Waals surface area contributed by atoms with Gasteiger partial charge in [0.05, 0.1) is 16.7 Å². The molecule has 5 nitrogen and oxygen atoms in total. The molecule has 4 rings (SSSR count). The summed E-state index contributed by atoms with van der Waals surface area (Å²) < 4.78 is 2.10. The summed E-state index contributed by atoms with van der Waals surface area (Å²) in [5.74, 6) is 2.88. The number of imidazole rings is 2. The van der Waals surface area contributed by atoms with Gasteiger partial charge in [0.25, 0.3) is 0 Å². The third-order valence-corrected chi connectivity index (χ3v) is 5.07. The summed E-state index contributed by atoms with van der Waals surface area (Å²) in [5, 5.41) is 0. The number of H-pyrrole nitrogens is 1. The molecule has 0 aliphatic carbocycles. The van der Waals surface area contributed by atoms with Crippen molar-refractivity contribution < 1.29 is 0 Å². The van der Waals surface area contributed by atoms with Gasteiger partial charge in [-0.3, -0.25) is 4.90 Å². The number of nitrogens with zero attached hydrogens (tertiary/aromatic N) is 4. The fourth-order valence-electron chi connectivity index (χ4n) is 3.78. The monoisotopic (exact) mass is 323 g/mol. The van der Waals surface area contributed by atoms with Gasteiger partial charge in [-0.2, -0.15) is 0 Å². The Hall–Kier alpha value is -2.14. The summed E-state index contributed by atoms with van der Waals surface area (Å²) in [6, 6.07) is 8.28. The fraction of sp³-hybridized carbons (Fsp3) is 0.474. The number of hydrogen-bond donors (Lipinski definition) is 1. The number of piperidine rings is 1. The summed E-state index contributed by atoms with van der Waals surface area (Å²) in [7, 11) is 2.06. The van der Waals surface area contributed by atoms with Crippen molar-refractivity contribution in [2.75, 3.05) is 13.1 Å². The molecule has 1 aliphatic heterocycles. The highest BCUT2D eigenvalue weighted by Crippen LogP contribution is 2.22. The molecule has 3 aromatic rings. The van der Waals surface area contributed by atoms with Gasteiger partial charge in [-0.05, 0) is 44.4 Å². The molecule has 1 fully saturated rings. The van der Waals surface area contributed by atoms with Crippen LogP contribution in [0.15, 0.2) is 30.5 Å². The molecule has 1 N–H and O–H groups in total. The molecule has 0 bridgehead atoms. The van der Waals surface area contributed by atoms with Crippen molar-refractivity contribution in [3.63, 3.8) is 0 Å². The van der Waals surface area contributed by atoms with E-state index in [4.69, 9.17) is 4.98 Å². The van der Waals surface area contributed by atoms with Crippen LogP contribution in [0.5, 0.6) is 0 Å². The molecule has 2 aromatic heterocycles. The van der Waals surface area contributed by atoms with E-state index in [-0.39, 0.29) is 0 Å². The Morgan fingerprint density at radius 2 is 2.12 bits per heavy atom. The van der Waals surface area contributed by atoms with Gasteiger partial charge in [0.1, 0.15) is 11.6 Å². The van der Waals surface area contributed by atoms with E-state index in [9.17, 15) is 0 Å². The molecule has 1 saturated heterocycles. The number of likely N-dealkylation sites (tertiary alicyclic amines) is 1. The lowest BCUT2D eigenvalue weighted by Gasteiger charge is -2.31. The van der Waals surface area contributed by atoms with Gasteiger partial charge in [0.2, 0.25) is 0 Å². The van der Waals surface area contributed by atoms with E-state index in [2.05, 4.69) is 57.8 Å². The summed E-state index contributed by atoms with van der Waals surface area (Å²) >= 11 is 0. The zero-order chi connectivity index (χ0) is 16.5. The molecular formula is C19H25N5. The number of aromatic nitrogens is 4. The van der Waals surface area contributed by atoms with Crippen LogP contribution in [0.1, 0.15) is 30.2 Å². The topological polar surface area (TPSA) is 49.7 Å². The Labute approximate surface area is 142 Å². The van der Waals surface area contributed by atoms with Crippen LogP contribution >= 0.6 is 0 Å². The second-order valence-corrected chi connectivity index (χ2v) is 7.04. The Kier molecular flexibility index (Phi) is 4.10. The van der Waals surface area contributed by atoms with Crippen LogP contribution < -0.4 is 0 Å². The van der Waals surface area contributed by atoms with Crippen LogP contribution in [0.2, 0.25) is 0 Å². The average molecular weight is 323 g/mol. The van der Waals surface area contributed by atoms with Crippen molar-refractivity contribution in [1.82, 2.24) is 24.4 Å². The van der Waals surface area contributed by atoms with Gasteiger partial charge in [-0.25, -0.2) is 9.97 Å². The van der Waals surface area contributed by atoms with Crippen LogP contribution in [0.25, 0.3) is 11.0 Å². The van der Waals surface area contributed by atoms with E-state index in [0.29, 0.717) is 5.92 Å². The molecule has 1 aliphatic rings. The highest BCUT2D eigenvalue weighted by atomic mass is 15.2. The number of para-hydroxylation sites is 2. The average Bonchev–Trinajstić information content (AvgIpc) is 3.10. The highest BCUT2D eigenvalue weighted by molar-refractivity contribution is 5.74. The van der Waals surface area contributed by atoms with Crippen LogP contribution in [0, 0.1) is 12.8 Å². The SMILES string of the molecule is Cc1nc(CN2CCCC(Cc3nc4ccccc4[nH]3)C2)cn1C. The molecule has 24 heavy (non-hydrogen) atoms. The van der Waals surface area contributed by atoms with Crippen LogP contribution in [-0.2, 0) is 20.0 Å². The van der Waals surface area contributed by atoms with E-state index in [1.807, 2.05) is 6.07 Å². The number of rotatable bonds is 4. The standard InChI is InChI=1S/C19H25N5/c1-14-20-16(12-23(14)2)13-24-9-5-6-15(11-24)10-19-21-17-7-3-4-8-18(17)22-19/h3-4,7-8,12,15H,5-6,9-11,13H2,1-2H3,(H,21,22). The molecule has 0 radical (unpaired) electrons. The van der Waals surface area contributed by atoms with Crippen molar-refractivity contribution in [2.45, 2.75) is 32.7 Å². The van der Waals surface area contributed by atoms with E-state index in [1.165, 1.54) is 25.1 Å². The van der Waals surface area contributed by atoms with Crippen LogP contribution in [-0.4, -0.2) is 37.5 Å². The van der Waals surface area contributed by atoms with Gasteiger partial charge < -0.3 is 9.55 Å². The quantitative estimate of drug-likeness (QED) is 0.803. The van der Waals surface area contributed by atoms with E-state index in [1.54, 1.807) is 0 Å². The Balaban J connectivity index is 1.40. The zero-order valence-electron chi connectivity index (χ0n) is 14.5. The van der Waals surface area contributed by atoms with Crippen LogP contribution in [0.3, 0.4) is 0 Å². The first kappa shape index (κ1) is 15.4. The van der Waals surface area contributed by atoms with E-state index in [0.717, 1.165) is 42.2 Å². The molecule has 1 unspecified atom stereocenters. The number of fused-ring (bicyclic) bond motifs is 1. The highest BCUT2D eigenvalue weighted by Gasteiger charge is 2.22. The maximum absolute atomic E-state index is 4.74. The van der Waals surface area contributed by atoms with Crippen molar-refractivity contribution in [3.05, 3.63) is 47.8 Å². The minimum atomic E-state index is 0.670. The molecule has 0 saturated carbocycles. The molecule has 0 spiro atoms. The molecular weight excluding hydrogens is 298 g/mol. The fourth-order valence-corrected chi connectivity index (χ4v) is 3.78. The van der Waals surface area contributed by atoms with Gasteiger partial charge in [-0.15, -0.1) is 0 Å². The molecule has 126 valence electrons. The summed E-state index contributed by atoms with van der Waals surface area (Å²) in [5.41, 5.74) is 3.40. The lowest BCUT2D eigenvalue weighted by atomic mass is 9.94. The zero-order valence-corrected chi connectivity index (χ0v) is 14.5.